The van der Waals surface area contributed by atoms with Crippen LogP contribution in [0.4, 0.5) is 4.79 Å². The topological polar surface area (TPSA) is 53.4 Å². The zero-order valence-electron chi connectivity index (χ0n) is 7.07. The third kappa shape index (κ3) is 2.91. The van der Waals surface area contributed by atoms with Crippen molar-refractivity contribution >= 4 is 17.7 Å². The maximum Gasteiger partial charge on any atom is 0.407 e. The number of hydrogen-bond donors (Lipinski definition) is 1. The van der Waals surface area contributed by atoms with Gasteiger partial charge in [-0.3, -0.25) is 0 Å². The number of amides is 1. The summed E-state index contributed by atoms with van der Waals surface area (Å²) in [5.74, 6) is 0. The first-order chi connectivity index (χ1) is 6.09. The Morgan fingerprint density at radius 1 is 1.69 bits per heavy atom. The molecule has 1 heterocycles. The van der Waals surface area contributed by atoms with Gasteiger partial charge in [0.1, 0.15) is 5.15 Å². The molecule has 0 spiro atoms. The molecular formula is C8H9ClN2O2. The molecule has 0 aliphatic heterocycles. The SMILES string of the molecule is CN(Cc1ccc(Cl)nc1)C(=O)O. The van der Waals surface area contributed by atoms with Crippen molar-refractivity contribution in [2.24, 2.45) is 0 Å². The first kappa shape index (κ1) is 9.80. The second-order valence-electron chi connectivity index (χ2n) is 2.63. The van der Waals surface area contributed by atoms with E-state index < -0.39 is 6.09 Å². The molecule has 1 aromatic rings. The van der Waals surface area contributed by atoms with Crippen LogP contribution in [0.2, 0.25) is 5.15 Å². The lowest BCUT2D eigenvalue weighted by Gasteiger charge is -2.11. The summed E-state index contributed by atoms with van der Waals surface area (Å²) in [6, 6.07) is 3.38. The quantitative estimate of drug-likeness (QED) is 0.742. The number of carboxylic acid groups (broad SMARTS) is 1. The predicted octanol–water partition coefficient (Wildman–Crippen LogP) is 1.84. The van der Waals surface area contributed by atoms with E-state index in [2.05, 4.69) is 4.98 Å². The van der Waals surface area contributed by atoms with Gasteiger partial charge in [0.15, 0.2) is 0 Å². The first-order valence-electron chi connectivity index (χ1n) is 3.64. The minimum absolute atomic E-state index is 0.319. The van der Waals surface area contributed by atoms with Gasteiger partial charge in [-0.05, 0) is 11.6 Å². The minimum Gasteiger partial charge on any atom is -0.465 e. The van der Waals surface area contributed by atoms with E-state index in [0.717, 1.165) is 5.56 Å². The summed E-state index contributed by atoms with van der Waals surface area (Å²) in [4.78, 5) is 15.5. The van der Waals surface area contributed by atoms with Gasteiger partial charge in [-0.2, -0.15) is 0 Å². The summed E-state index contributed by atoms with van der Waals surface area (Å²) < 4.78 is 0. The number of pyridine rings is 1. The summed E-state index contributed by atoms with van der Waals surface area (Å²) in [7, 11) is 1.50. The number of halogens is 1. The Morgan fingerprint density at radius 3 is 2.85 bits per heavy atom. The van der Waals surface area contributed by atoms with Crippen molar-refractivity contribution in [2.45, 2.75) is 6.54 Å². The number of hydrogen-bond acceptors (Lipinski definition) is 2. The Kier molecular flexibility index (Phi) is 3.08. The molecule has 0 unspecified atom stereocenters. The molecular weight excluding hydrogens is 192 g/mol. The van der Waals surface area contributed by atoms with E-state index in [1.54, 1.807) is 18.3 Å². The van der Waals surface area contributed by atoms with Crippen molar-refractivity contribution in [3.8, 4) is 0 Å². The molecule has 0 aliphatic rings. The van der Waals surface area contributed by atoms with E-state index in [1.807, 2.05) is 0 Å². The van der Waals surface area contributed by atoms with Crippen LogP contribution in [0.25, 0.3) is 0 Å². The molecule has 0 saturated carbocycles. The van der Waals surface area contributed by atoms with E-state index >= 15 is 0 Å². The largest absolute Gasteiger partial charge is 0.465 e. The molecule has 13 heavy (non-hydrogen) atoms. The average molecular weight is 201 g/mol. The maximum atomic E-state index is 10.5. The molecule has 0 bridgehead atoms. The maximum absolute atomic E-state index is 10.5. The molecule has 1 amide bonds. The zero-order chi connectivity index (χ0) is 9.84. The second-order valence-corrected chi connectivity index (χ2v) is 3.02. The number of nitrogens with zero attached hydrogens (tertiary/aromatic N) is 2. The van der Waals surface area contributed by atoms with Crippen molar-refractivity contribution in [1.29, 1.82) is 0 Å². The number of aromatic nitrogens is 1. The molecule has 70 valence electrons. The summed E-state index contributed by atoms with van der Waals surface area (Å²) in [5.41, 5.74) is 0.814. The molecule has 0 radical (unpaired) electrons. The van der Waals surface area contributed by atoms with Gasteiger partial charge in [0.2, 0.25) is 0 Å². The Hall–Kier alpha value is -1.29. The minimum atomic E-state index is -0.963. The summed E-state index contributed by atoms with van der Waals surface area (Å²) in [5, 5.41) is 8.98. The molecule has 4 nitrogen and oxygen atoms in total. The highest BCUT2D eigenvalue weighted by Gasteiger charge is 2.05. The van der Waals surface area contributed by atoms with Gasteiger partial charge in [-0.15, -0.1) is 0 Å². The number of carbonyl (C=O) groups is 1. The van der Waals surface area contributed by atoms with Crippen molar-refractivity contribution in [3.63, 3.8) is 0 Å². The fourth-order valence-corrected chi connectivity index (χ4v) is 0.953. The molecule has 0 aliphatic carbocycles. The lowest BCUT2D eigenvalue weighted by atomic mass is 10.3. The van der Waals surface area contributed by atoms with Crippen LogP contribution in [0.15, 0.2) is 18.3 Å². The van der Waals surface area contributed by atoms with Gasteiger partial charge >= 0.3 is 6.09 Å². The van der Waals surface area contributed by atoms with Crippen LogP contribution in [-0.4, -0.2) is 28.1 Å². The Bertz CT molecular complexity index is 300. The summed E-state index contributed by atoms with van der Waals surface area (Å²) in [6.07, 6.45) is 0.594. The molecule has 0 saturated heterocycles. The van der Waals surface area contributed by atoms with Crippen molar-refractivity contribution in [2.75, 3.05) is 7.05 Å². The second kappa shape index (κ2) is 4.09. The van der Waals surface area contributed by atoms with E-state index in [1.165, 1.54) is 11.9 Å². The van der Waals surface area contributed by atoms with Crippen LogP contribution >= 0.6 is 11.6 Å². The highest BCUT2D eigenvalue weighted by atomic mass is 35.5. The van der Waals surface area contributed by atoms with Crippen LogP contribution in [0.5, 0.6) is 0 Å². The smallest absolute Gasteiger partial charge is 0.407 e. The third-order valence-electron chi connectivity index (χ3n) is 1.53. The molecule has 1 rings (SSSR count). The zero-order valence-corrected chi connectivity index (χ0v) is 7.82. The molecule has 5 heteroatoms. The van der Waals surface area contributed by atoms with Crippen LogP contribution in [0.3, 0.4) is 0 Å². The van der Waals surface area contributed by atoms with E-state index in [0.29, 0.717) is 11.7 Å². The van der Waals surface area contributed by atoms with E-state index in [9.17, 15) is 4.79 Å². The normalized spacial score (nSPS) is 9.69. The van der Waals surface area contributed by atoms with Gasteiger partial charge in [-0.1, -0.05) is 17.7 Å². The Labute approximate surface area is 80.8 Å². The van der Waals surface area contributed by atoms with Crippen LogP contribution in [0.1, 0.15) is 5.56 Å². The van der Waals surface area contributed by atoms with E-state index in [-0.39, 0.29) is 0 Å². The van der Waals surface area contributed by atoms with Gasteiger partial charge in [0.25, 0.3) is 0 Å². The Balaban J connectivity index is 2.64. The molecule has 1 aromatic heterocycles. The molecule has 1 N–H and O–H groups in total. The number of rotatable bonds is 2. The monoisotopic (exact) mass is 200 g/mol. The predicted molar refractivity (Wildman–Crippen MR) is 48.7 cm³/mol. The van der Waals surface area contributed by atoms with Crippen molar-refractivity contribution < 1.29 is 9.90 Å². The molecule has 0 fully saturated rings. The highest BCUT2D eigenvalue weighted by Crippen LogP contribution is 2.06. The van der Waals surface area contributed by atoms with Gasteiger partial charge in [0.05, 0.1) is 6.54 Å². The fourth-order valence-electron chi connectivity index (χ4n) is 0.841. The first-order valence-corrected chi connectivity index (χ1v) is 4.02. The van der Waals surface area contributed by atoms with Crippen LogP contribution < -0.4 is 0 Å². The van der Waals surface area contributed by atoms with Gasteiger partial charge in [-0.25, -0.2) is 9.78 Å². The Morgan fingerprint density at radius 2 is 2.38 bits per heavy atom. The van der Waals surface area contributed by atoms with Crippen LogP contribution in [-0.2, 0) is 6.54 Å². The highest BCUT2D eigenvalue weighted by molar-refractivity contribution is 6.29. The van der Waals surface area contributed by atoms with E-state index in [4.69, 9.17) is 16.7 Å². The van der Waals surface area contributed by atoms with Gasteiger partial charge < -0.3 is 10.0 Å². The summed E-state index contributed by atoms with van der Waals surface area (Å²) >= 11 is 5.57. The molecule has 0 atom stereocenters. The summed E-state index contributed by atoms with van der Waals surface area (Å²) in [6.45, 7) is 0.319. The third-order valence-corrected chi connectivity index (χ3v) is 1.76. The lowest BCUT2D eigenvalue weighted by Crippen LogP contribution is -2.23. The van der Waals surface area contributed by atoms with Crippen molar-refractivity contribution in [3.05, 3.63) is 29.0 Å². The molecule has 0 aromatic carbocycles. The standard InChI is InChI=1S/C8H9ClN2O2/c1-11(8(12)13)5-6-2-3-7(9)10-4-6/h2-4H,5H2,1H3,(H,12,13). The lowest BCUT2D eigenvalue weighted by molar-refractivity contribution is 0.153. The van der Waals surface area contributed by atoms with Crippen LogP contribution in [0, 0.1) is 0 Å². The average Bonchev–Trinajstić information content (AvgIpc) is 2.08. The van der Waals surface area contributed by atoms with Crippen molar-refractivity contribution in [1.82, 2.24) is 9.88 Å². The fraction of sp³-hybridized carbons (Fsp3) is 0.250. The van der Waals surface area contributed by atoms with Gasteiger partial charge in [0, 0.05) is 13.2 Å².